The van der Waals surface area contributed by atoms with Crippen LogP contribution in [-0.4, -0.2) is 49.1 Å². The Morgan fingerprint density at radius 2 is 2.00 bits per heavy atom. The van der Waals surface area contributed by atoms with Gasteiger partial charge in [0.05, 0.1) is 17.4 Å². The number of nitrogens with zero attached hydrogens (tertiary/aromatic N) is 6. The highest BCUT2D eigenvalue weighted by Gasteiger charge is 2.28. The maximum absolute atomic E-state index is 12.8. The molecule has 0 unspecified atom stereocenters. The molecule has 0 spiro atoms. The zero-order valence-electron chi connectivity index (χ0n) is 21.3. The van der Waals surface area contributed by atoms with E-state index in [1.165, 1.54) is 6.20 Å². The summed E-state index contributed by atoms with van der Waals surface area (Å²) >= 11 is 5.92. The van der Waals surface area contributed by atoms with E-state index in [1.807, 2.05) is 39.0 Å². The molecule has 0 saturated heterocycles. The molecule has 10 nitrogen and oxygen atoms in total. The predicted octanol–water partition coefficient (Wildman–Crippen LogP) is 4.95. The molecule has 11 heteroatoms. The normalized spacial score (nSPS) is 18.5. The fraction of sp³-hybridized carbons (Fsp3) is 0.385. The summed E-state index contributed by atoms with van der Waals surface area (Å²) in [5, 5.41) is 18.1. The van der Waals surface area contributed by atoms with Gasteiger partial charge in [-0.05, 0) is 59.2 Å². The Balaban J connectivity index is 1.29. The lowest BCUT2D eigenvalue weighted by atomic mass is 9.81. The number of allylic oxidation sites excluding steroid dienone is 2. The van der Waals surface area contributed by atoms with Gasteiger partial charge in [-0.25, -0.2) is 19.6 Å². The van der Waals surface area contributed by atoms with Gasteiger partial charge in [0.1, 0.15) is 11.6 Å². The molecule has 1 saturated carbocycles. The number of anilines is 2. The van der Waals surface area contributed by atoms with Crippen molar-refractivity contribution in [3.63, 3.8) is 0 Å². The van der Waals surface area contributed by atoms with Crippen LogP contribution >= 0.6 is 11.6 Å². The van der Waals surface area contributed by atoms with E-state index in [2.05, 4.69) is 42.6 Å². The fourth-order valence-electron chi connectivity index (χ4n) is 4.34. The minimum atomic E-state index is -0.00866. The monoisotopic (exact) mass is 521 g/mol. The first-order valence-electron chi connectivity index (χ1n) is 12.3. The Hall–Kier alpha value is -3.79. The van der Waals surface area contributed by atoms with E-state index in [0.29, 0.717) is 17.4 Å². The average molecular weight is 522 g/mol. The van der Waals surface area contributed by atoms with E-state index in [-0.39, 0.29) is 17.7 Å². The summed E-state index contributed by atoms with van der Waals surface area (Å²) in [7, 11) is 0. The van der Waals surface area contributed by atoms with Crippen LogP contribution in [0.15, 0.2) is 47.2 Å². The van der Waals surface area contributed by atoms with Gasteiger partial charge < -0.3 is 10.6 Å². The van der Waals surface area contributed by atoms with Crippen molar-refractivity contribution in [2.75, 3.05) is 11.9 Å². The fourth-order valence-corrected chi connectivity index (χ4v) is 4.48. The molecular formula is C26H32ClN9O. The minimum Gasteiger partial charge on any atom is -0.352 e. The van der Waals surface area contributed by atoms with Crippen molar-refractivity contribution in [2.45, 2.75) is 52.4 Å². The molecule has 37 heavy (non-hydrogen) atoms. The van der Waals surface area contributed by atoms with Crippen molar-refractivity contribution in [1.29, 1.82) is 0 Å². The summed E-state index contributed by atoms with van der Waals surface area (Å²) in [6.45, 7) is 9.91. The Kier molecular flexibility index (Phi) is 8.50. The molecule has 194 valence electrons. The number of carbonyl (C=O) groups excluding carboxylic acids is 1. The lowest BCUT2D eigenvalue weighted by Crippen LogP contribution is -2.34. The van der Waals surface area contributed by atoms with E-state index in [4.69, 9.17) is 16.6 Å². The number of nitrogens with one attached hydrogen (secondary N) is 3. The number of amides is 1. The third-order valence-corrected chi connectivity index (χ3v) is 6.50. The number of H-pyrrole nitrogens is 1. The smallest absolute Gasteiger partial charge is 0.223 e. The molecule has 1 amide bonds. The lowest BCUT2D eigenvalue weighted by molar-refractivity contribution is -0.125. The van der Waals surface area contributed by atoms with Gasteiger partial charge in [0, 0.05) is 41.9 Å². The van der Waals surface area contributed by atoms with Crippen LogP contribution in [0.4, 0.5) is 11.6 Å². The van der Waals surface area contributed by atoms with E-state index >= 15 is 0 Å². The van der Waals surface area contributed by atoms with Gasteiger partial charge in [-0.2, -0.15) is 10.2 Å². The SMILES string of the molecule is C=N/C(=C\C=C(/C)CNC(=O)[C@H]1CC[C@H](c2nc(C)cc(Nc3cc(C)[nH]n3)n2)CC1)n1cc(Cl)cn1. The van der Waals surface area contributed by atoms with Crippen LogP contribution in [0.1, 0.15) is 55.7 Å². The first kappa shape index (κ1) is 26.3. The third kappa shape index (κ3) is 7.13. The van der Waals surface area contributed by atoms with Gasteiger partial charge in [-0.15, -0.1) is 0 Å². The minimum absolute atomic E-state index is 0.00866. The second-order valence-corrected chi connectivity index (χ2v) is 9.82. The first-order valence-corrected chi connectivity index (χ1v) is 12.7. The van der Waals surface area contributed by atoms with E-state index in [9.17, 15) is 4.79 Å². The number of rotatable bonds is 9. The van der Waals surface area contributed by atoms with Crippen LogP contribution in [-0.2, 0) is 4.79 Å². The van der Waals surface area contributed by atoms with Gasteiger partial charge in [0.2, 0.25) is 5.91 Å². The Labute approximate surface area is 221 Å². The highest BCUT2D eigenvalue weighted by atomic mass is 35.5. The number of aromatic nitrogens is 6. The molecule has 3 N–H and O–H groups in total. The van der Waals surface area contributed by atoms with Crippen molar-refractivity contribution in [1.82, 2.24) is 35.3 Å². The number of hydrogen-bond donors (Lipinski definition) is 3. The highest BCUT2D eigenvalue weighted by Crippen LogP contribution is 2.35. The second-order valence-electron chi connectivity index (χ2n) is 9.38. The molecule has 0 radical (unpaired) electrons. The van der Waals surface area contributed by atoms with Crippen LogP contribution in [0.25, 0.3) is 5.82 Å². The summed E-state index contributed by atoms with van der Waals surface area (Å²) < 4.78 is 1.55. The number of aromatic amines is 1. The topological polar surface area (TPSA) is 126 Å². The number of carbonyl (C=O) groups is 1. The van der Waals surface area contributed by atoms with Crippen molar-refractivity contribution in [3.05, 3.63) is 64.5 Å². The van der Waals surface area contributed by atoms with Crippen LogP contribution < -0.4 is 10.6 Å². The molecule has 0 aromatic carbocycles. The second kappa shape index (κ2) is 12.0. The Morgan fingerprint density at radius 1 is 1.22 bits per heavy atom. The molecule has 1 fully saturated rings. The Bertz CT molecular complexity index is 1320. The van der Waals surface area contributed by atoms with Crippen molar-refractivity contribution < 1.29 is 4.79 Å². The largest absolute Gasteiger partial charge is 0.352 e. The zero-order valence-corrected chi connectivity index (χ0v) is 22.1. The molecule has 1 aliphatic rings. The number of hydrogen-bond acceptors (Lipinski definition) is 7. The zero-order chi connectivity index (χ0) is 26.4. The van der Waals surface area contributed by atoms with E-state index in [0.717, 1.165) is 60.1 Å². The van der Waals surface area contributed by atoms with Crippen molar-refractivity contribution >= 4 is 41.7 Å². The number of aryl methyl sites for hydroxylation is 2. The summed E-state index contributed by atoms with van der Waals surface area (Å²) in [5.41, 5.74) is 2.87. The molecule has 4 rings (SSSR count). The molecule has 0 atom stereocenters. The lowest BCUT2D eigenvalue weighted by Gasteiger charge is -2.27. The number of halogens is 1. The average Bonchev–Trinajstić information content (AvgIpc) is 3.50. The molecular weight excluding hydrogens is 490 g/mol. The Morgan fingerprint density at radius 3 is 2.65 bits per heavy atom. The van der Waals surface area contributed by atoms with Crippen LogP contribution in [0.5, 0.6) is 0 Å². The maximum Gasteiger partial charge on any atom is 0.223 e. The molecule has 0 bridgehead atoms. The van der Waals surface area contributed by atoms with E-state index < -0.39 is 0 Å². The molecule has 3 aromatic rings. The van der Waals surface area contributed by atoms with Gasteiger partial charge in [-0.3, -0.25) is 9.89 Å². The highest BCUT2D eigenvalue weighted by molar-refractivity contribution is 6.30. The van der Waals surface area contributed by atoms with Crippen molar-refractivity contribution in [2.24, 2.45) is 10.9 Å². The summed E-state index contributed by atoms with van der Waals surface area (Å²) in [5.74, 6) is 3.14. The molecule has 0 aliphatic heterocycles. The van der Waals surface area contributed by atoms with Crippen LogP contribution in [0, 0.1) is 19.8 Å². The molecule has 3 aromatic heterocycles. The van der Waals surface area contributed by atoms with Gasteiger partial charge in [0.25, 0.3) is 0 Å². The van der Waals surface area contributed by atoms with Gasteiger partial charge in [-0.1, -0.05) is 23.3 Å². The van der Waals surface area contributed by atoms with E-state index in [1.54, 1.807) is 17.0 Å². The summed E-state index contributed by atoms with van der Waals surface area (Å²) in [6, 6.07) is 3.84. The van der Waals surface area contributed by atoms with Crippen LogP contribution in [0.3, 0.4) is 0 Å². The first-order chi connectivity index (χ1) is 17.8. The van der Waals surface area contributed by atoms with Crippen molar-refractivity contribution in [3.8, 4) is 0 Å². The molecule has 1 aliphatic carbocycles. The van der Waals surface area contributed by atoms with Gasteiger partial charge >= 0.3 is 0 Å². The number of aliphatic imine (C=N–C) groups is 1. The maximum atomic E-state index is 12.8. The standard InChI is InChI=1S/C26H32ClN9O/c1-16(5-10-24(28-4)36-15-21(27)14-30-36)13-29-26(37)20-8-6-19(7-9-20)25-31-17(2)11-22(33-25)32-23-12-18(3)34-35-23/h5,10-12,14-15,19-20H,4,6-9,13H2,1-3H3,(H,29,37)(H2,31,32,33,34,35)/b16-5+,24-10+/t19-,20-. The predicted molar refractivity (Wildman–Crippen MR) is 146 cm³/mol. The van der Waals surface area contributed by atoms with Gasteiger partial charge in [0.15, 0.2) is 11.6 Å². The third-order valence-electron chi connectivity index (χ3n) is 6.30. The summed E-state index contributed by atoms with van der Waals surface area (Å²) in [6.07, 6.45) is 10.2. The molecule has 3 heterocycles. The summed E-state index contributed by atoms with van der Waals surface area (Å²) in [4.78, 5) is 26.2. The quantitative estimate of drug-likeness (QED) is 0.270. The van der Waals surface area contributed by atoms with Crippen LogP contribution in [0.2, 0.25) is 5.02 Å².